The Hall–Kier alpha value is -3.35. The summed E-state index contributed by atoms with van der Waals surface area (Å²) in [5, 5.41) is 5.44. The molecule has 0 spiro atoms. The quantitative estimate of drug-likeness (QED) is 0.721. The Bertz CT molecular complexity index is 930. The number of rotatable bonds is 5. The molecule has 0 unspecified atom stereocenters. The molecule has 0 radical (unpaired) electrons. The van der Waals surface area contributed by atoms with E-state index in [0.717, 1.165) is 17.7 Å². The molecule has 2 N–H and O–H groups in total. The molecule has 2 aromatic carbocycles. The number of aromatic nitrogens is 1. The van der Waals surface area contributed by atoms with E-state index in [-0.39, 0.29) is 29.5 Å². The first-order chi connectivity index (χ1) is 12.5. The van der Waals surface area contributed by atoms with Gasteiger partial charge in [0.2, 0.25) is 0 Å². The van der Waals surface area contributed by atoms with Crippen molar-refractivity contribution in [1.29, 1.82) is 0 Å². The van der Waals surface area contributed by atoms with Crippen molar-refractivity contribution in [3.63, 3.8) is 0 Å². The third kappa shape index (κ3) is 4.38. The first-order valence-corrected chi connectivity index (χ1v) is 7.71. The number of amides is 1. The topological polar surface area (TPSA) is 54.0 Å². The Kier molecular flexibility index (Phi) is 5.17. The molecular formula is C19H14F3N3O. The highest BCUT2D eigenvalue weighted by Crippen LogP contribution is 2.20. The minimum Gasteiger partial charge on any atom is -0.352 e. The molecule has 132 valence electrons. The maximum absolute atomic E-state index is 13.7. The molecule has 3 rings (SSSR count). The van der Waals surface area contributed by atoms with Crippen molar-refractivity contribution >= 4 is 17.3 Å². The number of benzene rings is 2. The molecule has 0 bridgehead atoms. The second kappa shape index (κ2) is 7.69. The second-order valence-electron chi connectivity index (χ2n) is 5.52. The summed E-state index contributed by atoms with van der Waals surface area (Å²) in [6.45, 7) is 0.226. The Morgan fingerprint density at radius 2 is 1.65 bits per heavy atom. The summed E-state index contributed by atoms with van der Waals surface area (Å²) in [7, 11) is 0. The maximum Gasteiger partial charge on any atom is 0.253 e. The molecule has 26 heavy (non-hydrogen) atoms. The molecule has 0 atom stereocenters. The zero-order chi connectivity index (χ0) is 18.5. The minimum atomic E-state index is -0.754. The molecule has 3 aromatic rings. The lowest BCUT2D eigenvalue weighted by Gasteiger charge is -2.09. The van der Waals surface area contributed by atoms with Crippen LogP contribution in [0.25, 0.3) is 0 Å². The monoisotopic (exact) mass is 357 g/mol. The summed E-state index contributed by atoms with van der Waals surface area (Å²) < 4.78 is 39.5. The van der Waals surface area contributed by atoms with E-state index >= 15 is 0 Å². The predicted octanol–water partition coefficient (Wildman–Crippen LogP) is 4.17. The summed E-state index contributed by atoms with van der Waals surface area (Å²) >= 11 is 0. The lowest BCUT2D eigenvalue weighted by atomic mass is 10.2. The lowest BCUT2D eigenvalue weighted by Crippen LogP contribution is -2.23. The highest BCUT2D eigenvalue weighted by Gasteiger charge is 2.09. The average molecular weight is 357 g/mol. The number of nitrogens with zero attached hydrogens (tertiary/aromatic N) is 1. The van der Waals surface area contributed by atoms with Crippen molar-refractivity contribution in [1.82, 2.24) is 10.3 Å². The van der Waals surface area contributed by atoms with Crippen molar-refractivity contribution in [3.05, 3.63) is 89.5 Å². The Morgan fingerprint density at radius 3 is 2.38 bits per heavy atom. The van der Waals surface area contributed by atoms with Crippen LogP contribution in [0, 0.1) is 17.5 Å². The van der Waals surface area contributed by atoms with Crippen molar-refractivity contribution in [3.8, 4) is 0 Å². The summed E-state index contributed by atoms with van der Waals surface area (Å²) in [5.74, 6) is -2.17. The van der Waals surface area contributed by atoms with E-state index in [1.807, 2.05) is 0 Å². The van der Waals surface area contributed by atoms with E-state index in [1.165, 1.54) is 36.7 Å². The van der Waals surface area contributed by atoms with Crippen LogP contribution in [-0.2, 0) is 6.54 Å². The van der Waals surface area contributed by atoms with Gasteiger partial charge in [0.05, 0.1) is 23.1 Å². The molecular weight excluding hydrogens is 343 g/mol. The van der Waals surface area contributed by atoms with Crippen molar-refractivity contribution < 1.29 is 18.0 Å². The third-order valence-electron chi connectivity index (χ3n) is 3.58. The highest BCUT2D eigenvalue weighted by molar-refractivity contribution is 5.94. The zero-order valence-corrected chi connectivity index (χ0v) is 13.5. The Balaban J connectivity index is 1.68. The molecule has 0 fully saturated rings. The van der Waals surface area contributed by atoms with Crippen LogP contribution in [0.2, 0.25) is 0 Å². The van der Waals surface area contributed by atoms with E-state index in [2.05, 4.69) is 15.6 Å². The van der Waals surface area contributed by atoms with E-state index in [4.69, 9.17) is 0 Å². The number of pyridine rings is 1. The summed E-state index contributed by atoms with van der Waals surface area (Å²) in [6, 6.07) is 10.4. The van der Waals surface area contributed by atoms with Crippen molar-refractivity contribution in [2.75, 3.05) is 5.32 Å². The molecule has 1 aromatic heterocycles. The maximum atomic E-state index is 13.7. The van der Waals surface area contributed by atoms with Crippen LogP contribution in [0.1, 0.15) is 15.9 Å². The second-order valence-corrected chi connectivity index (χ2v) is 5.52. The van der Waals surface area contributed by atoms with E-state index < -0.39 is 11.6 Å². The summed E-state index contributed by atoms with van der Waals surface area (Å²) in [5.41, 5.74) is 1.46. The fourth-order valence-corrected chi connectivity index (χ4v) is 2.27. The largest absolute Gasteiger partial charge is 0.352 e. The van der Waals surface area contributed by atoms with Crippen LogP contribution >= 0.6 is 0 Å². The van der Waals surface area contributed by atoms with Crippen LogP contribution in [-0.4, -0.2) is 10.9 Å². The van der Waals surface area contributed by atoms with Gasteiger partial charge in [-0.1, -0.05) is 12.1 Å². The van der Waals surface area contributed by atoms with Gasteiger partial charge in [-0.05, 0) is 35.9 Å². The fourth-order valence-electron chi connectivity index (χ4n) is 2.27. The number of anilines is 2. The summed E-state index contributed by atoms with van der Waals surface area (Å²) in [6.07, 6.45) is 2.78. The van der Waals surface area contributed by atoms with Crippen LogP contribution in [0.15, 0.2) is 60.9 Å². The van der Waals surface area contributed by atoms with E-state index in [9.17, 15) is 18.0 Å². The van der Waals surface area contributed by atoms with Crippen LogP contribution in [0.4, 0.5) is 24.5 Å². The van der Waals surface area contributed by atoms with Gasteiger partial charge < -0.3 is 10.6 Å². The minimum absolute atomic E-state index is 0.0667. The number of hydrogen-bond donors (Lipinski definition) is 2. The molecule has 0 aliphatic carbocycles. The first-order valence-electron chi connectivity index (χ1n) is 7.71. The third-order valence-corrected chi connectivity index (χ3v) is 3.58. The molecule has 0 saturated carbocycles. The number of nitrogens with one attached hydrogen (secondary N) is 2. The summed E-state index contributed by atoms with van der Waals surface area (Å²) in [4.78, 5) is 16.2. The zero-order valence-electron chi connectivity index (χ0n) is 13.5. The van der Waals surface area contributed by atoms with Crippen molar-refractivity contribution in [2.45, 2.75) is 6.54 Å². The van der Waals surface area contributed by atoms with Gasteiger partial charge >= 0.3 is 0 Å². The standard InChI is InChI=1S/C19H14F3N3O/c20-14-3-1-12(2-4-14)9-24-19(26)13-7-16(11-23-10-13)25-18-6-5-15(21)8-17(18)22/h1-8,10-11,25H,9H2,(H,24,26). The fraction of sp³-hybridized carbons (Fsp3) is 0.0526. The van der Waals surface area contributed by atoms with Crippen LogP contribution < -0.4 is 10.6 Å². The van der Waals surface area contributed by atoms with E-state index in [1.54, 1.807) is 12.1 Å². The number of halogens is 3. The van der Waals surface area contributed by atoms with Crippen molar-refractivity contribution in [2.24, 2.45) is 0 Å². The van der Waals surface area contributed by atoms with Gasteiger partial charge in [-0.15, -0.1) is 0 Å². The predicted molar refractivity (Wildman–Crippen MR) is 91.4 cm³/mol. The Morgan fingerprint density at radius 1 is 0.923 bits per heavy atom. The number of hydrogen-bond acceptors (Lipinski definition) is 3. The first kappa shape index (κ1) is 17.5. The van der Waals surface area contributed by atoms with Gasteiger partial charge in [-0.3, -0.25) is 9.78 Å². The normalized spacial score (nSPS) is 10.4. The molecule has 0 saturated heterocycles. The van der Waals surface area contributed by atoms with Crippen LogP contribution in [0.5, 0.6) is 0 Å². The number of carbonyl (C=O) groups excluding carboxylic acids is 1. The number of carbonyl (C=O) groups is 1. The Labute approximate surface area is 147 Å². The van der Waals surface area contributed by atoms with Gasteiger partial charge in [0.25, 0.3) is 5.91 Å². The molecule has 7 heteroatoms. The molecule has 4 nitrogen and oxygen atoms in total. The SMILES string of the molecule is O=C(NCc1ccc(F)cc1)c1cncc(Nc2ccc(F)cc2F)c1. The van der Waals surface area contributed by atoms with Gasteiger partial charge in [0.1, 0.15) is 17.5 Å². The van der Waals surface area contributed by atoms with E-state index in [0.29, 0.717) is 5.69 Å². The van der Waals surface area contributed by atoms with Gasteiger partial charge in [-0.2, -0.15) is 0 Å². The van der Waals surface area contributed by atoms with Gasteiger partial charge in [0.15, 0.2) is 0 Å². The lowest BCUT2D eigenvalue weighted by molar-refractivity contribution is 0.0950. The smallest absolute Gasteiger partial charge is 0.253 e. The van der Waals surface area contributed by atoms with Gasteiger partial charge in [-0.25, -0.2) is 13.2 Å². The average Bonchev–Trinajstić information content (AvgIpc) is 2.63. The van der Waals surface area contributed by atoms with Crippen LogP contribution in [0.3, 0.4) is 0 Å². The van der Waals surface area contributed by atoms with Gasteiger partial charge in [0, 0.05) is 18.8 Å². The molecule has 0 aliphatic rings. The molecule has 0 aliphatic heterocycles. The highest BCUT2D eigenvalue weighted by atomic mass is 19.1. The molecule has 1 amide bonds. The molecule has 1 heterocycles.